The predicted molar refractivity (Wildman–Crippen MR) is 121 cm³/mol. The number of hydrogen-bond acceptors (Lipinski definition) is 5. The van der Waals surface area contributed by atoms with Gasteiger partial charge in [-0.3, -0.25) is 4.79 Å². The molecule has 2 aromatic carbocycles. The van der Waals surface area contributed by atoms with E-state index in [0.29, 0.717) is 6.42 Å². The molecule has 0 aromatic heterocycles. The first-order valence-corrected chi connectivity index (χ1v) is 12.2. The van der Waals surface area contributed by atoms with Crippen molar-refractivity contribution in [2.45, 2.75) is 42.4 Å². The maximum atomic E-state index is 13.7. The molecule has 0 bridgehead atoms. The number of carbonyl (C=O) groups excluding carboxylic acids is 1. The number of hydrogen-bond donors (Lipinski definition) is 1. The van der Waals surface area contributed by atoms with Gasteiger partial charge in [0.05, 0.1) is 15.5 Å². The van der Waals surface area contributed by atoms with Gasteiger partial charge in [-0.2, -0.15) is 0 Å². The number of nitrogens with one attached hydrogen (secondary N) is 1. The quantitative estimate of drug-likeness (QED) is 0.697. The largest absolute Gasteiger partial charge is 0.370 e. The third-order valence-electron chi connectivity index (χ3n) is 5.48. The molecular weight excluding hydrogens is 417 g/mol. The van der Waals surface area contributed by atoms with E-state index in [2.05, 4.69) is 22.2 Å². The van der Waals surface area contributed by atoms with Crippen molar-refractivity contribution >= 4 is 27.1 Å². The van der Waals surface area contributed by atoms with E-state index in [-0.39, 0.29) is 21.4 Å². The SMILES string of the molecule is CCCCC(=O)Nc1cc(N2CCCN(C)CC2)ccc1S(=O)(=O)c1cccc(F)c1. The van der Waals surface area contributed by atoms with Crippen LogP contribution in [-0.4, -0.2) is 52.5 Å². The summed E-state index contributed by atoms with van der Waals surface area (Å²) < 4.78 is 40.2. The molecular formula is C23H30FN3O3S. The van der Waals surface area contributed by atoms with Crippen LogP contribution in [0, 0.1) is 5.82 Å². The van der Waals surface area contributed by atoms with E-state index in [1.807, 2.05) is 6.92 Å². The minimum atomic E-state index is -4.00. The zero-order valence-corrected chi connectivity index (χ0v) is 18.9. The summed E-state index contributed by atoms with van der Waals surface area (Å²) in [5.74, 6) is -0.856. The van der Waals surface area contributed by atoms with Gasteiger partial charge >= 0.3 is 0 Å². The molecule has 1 saturated heterocycles. The molecule has 1 aliphatic heterocycles. The Labute approximate surface area is 184 Å². The Morgan fingerprint density at radius 1 is 1.10 bits per heavy atom. The van der Waals surface area contributed by atoms with Gasteiger partial charge in [-0.1, -0.05) is 19.4 Å². The summed E-state index contributed by atoms with van der Waals surface area (Å²) in [6.07, 6.45) is 2.89. The molecule has 0 saturated carbocycles. The Kier molecular flexibility index (Phi) is 7.67. The van der Waals surface area contributed by atoms with Crippen LogP contribution >= 0.6 is 0 Å². The van der Waals surface area contributed by atoms with Crippen LogP contribution in [0.4, 0.5) is 15.8 Å². The maximum Gasteiger partial charge on any atom is 0.224 e. The van der Waals surface area contributed by atoms with Gasteiger partial charge in [0, 0.05) is 31.7 Å². The number of likely N-dealkylation sites (N-methyl/N-ethyl adjacent to an activating group) is 1. The Morgan fingerprint density at radius 2 is 1.90 bits per heavy atom. The fourth-order valence-electron chi connectivity index (χ4n) is 3.66. The molecule has 0 unspecified atom stereocenters. The Bertz CT molecular complexity index is 1030. The average Bonchev–Trinajstić information content (AvgIpc) is 2.96. The van der Waals surface area contributed by atoms with Gasteiger partial charge in [0.25, 0.3) is 0 Å². The smallest absolute Gasteiger partial charge is 0.224 e. The molecule has 1 fully saturated rings. The maximum absolute atomic E-state index is 13.7. The Balaban J connectivity index is 2.00. The topological polar surface area (TPSA) is 69.7 Å². The lowest BCUT2D eigenvalue weighted by Crippen LogP contribution is -2.29. The molecule has 168 valence electrons. The highest BCUT2D eigenvalue weighted by Gasteiger charge is 2.24. The fourth-order valence-corrected chi connectivity index (χ4v) is 5.09. The van der Waals surface area contributed by atoms with Crippen LogP contribution in [0.5, 0.6) is 0 Å². The second kappa shape index (κ2) is 10.2. The predicted octanol–water partition coefficient (Wildman–Crippen LogP) is 3.93. The highest BCUT2D eigenvalue weighted by molar-refractivity contribution is 7.91. The standard InChI is InChI=1S/C23H30FN3O3S/c1-3-4-9-23(28)25-21-17-19(27-13-6-12-26(2)14-15-27)10-11-22(21)31(29,30)20-8-5-7-18(24)16-20/h5,7-8,10-11,16-17H,3-4,6,9,12-15H2,1-2H3,(H,25,28). The van der Waals surface area contributed by atoms with Crippen molar-refractivity contribution in [3.8, 4) is 0 Å². The minimum Gasteiger partial charge on any atom is -0.370 e. The molecule has 1 N–H and O–H groups in total. The van der Waals surface area contributed by atoms with Crippen molar-refractivity contribution in [3.63, 3.8) is 0 Å². The number of carbonyl (C=O) groups is 1. The molecule has 1 aliphatic rings. The molecule has 6 nitrogen and oxygen atoms in total. The fraction of sp³-hybridized carbons (Fsp3) is 0.435. The minimum absolute atomic E-state index is 0.0290. The van der Waals surface area contributed by atoms with Crippen molar-refractivity contribution in [1.82, 2.24) is 4.90 Å². The third-order valence-corrected chi connectivity index (χ3v) is 7.28. The van der Waals surface area contributed by atoms with E-state index in [9.17, 15) is 17.6 Å². The summed E-state index contributed by atoms with van der Waals surface area (Å²) in [5.41, 5.74) is 1.10. The van der Waals surface area contributed by atoms with Crippen LogP contribution in [0.15, 0.2) is 52.3 Å². The number of amides is 1. The molecule has 8 heteroatoms. The van der Waals surface area contributed by atoms with Crippen LogP contribution in [-0.2, 0) is 14.6 Å². The second-order valence-corrected chi connectivity index (χ2v) is 9.85. The van der Waals surface area contributed by atoms with Crippen molar-refractivity contribution in [3.05, 3.63) is 48.3 Å². The van der Waals surface area contributed by atoms with Crippen LogP contribution in [0.2, 0.25) is 0 Å². The molecule has 2 aromatic rings. The van der Waals surface area contributed by atoms with E-state index in [0.717, 1.165) is 57.2 Å². The lowest BCUT2D eigenvalue weighted by molar-refractivity contribution is -0.116. The Hall–Kier alpha value is -2.45. The van der Waals surface area contributed by atoms with E-state index in [1.165, 1.54) is 24.3 Å². The number of sulfone groups is 1. The normalized spacial score (nSPS) is 15.5. The van der Waals surface area contributed by atoms with Gasteiger partial charge in [0.1, 0.15) is 5.82 Å². The molecule has 0 spiro atoms. The van der Waals surface area contributed by atoms with E-state index < -0.39 is 15.7 Å². The van der Waals surface area contributed by atoms with Crippen molar-refractivity contribution in [2.75, 3.05) is 43.4 Å². The van der Waals surface area contributed by atoms with Crippen molar-refractivity contribution in [2.24, 2.45) is 0 Å². The molecule has 0 aliphatic carbocycles. The first-order chi connectivity index (χ1) is 14.8. The van der Waals surface area contributed by atoms with Gasteiger partial charge in [-0.15, -0.1) is 0 Å². The molecule has 3 rings (SSSR count). The monoisotopic (exact) mass is 447 g/mol. The summed E-state index contributed by atoms with van der Waals surface area (Å²) in [6, 6.07) is 9.92. The Morgan fingerprint density at radius 3 is 2.65 bits per heavy atom. The van der Waals surface area contributed by atoms with Gasteiger partial charge in [0.15, 0.2) is 0 Å². The van der Waals surface area contributed by atoms with E-state index >= 15 is 0 Å². The van der Waals surface area contributed by atoms with E-state index in [4.69, 9.17) is 0 Å². The van der Waals surface area contributed by atoms with Gasteiger partial charge in [0.2, 0.25) is 15.7 Å². The second-order valence-electron chi connectivity index (χ2n) is 7.94. The third kappa shape index (κ3) is 5.83. The summed E-state index contributed by atoms with van der Waals surface area (Å²) in [6.45, 7) is 5.56. The summed E-state index contributed by atoms with van der Waals surface area (Å²) >= 11 is 0. The van der Waals surface area contributed by atoms with Crippen molar-refractivity contribution in [1.29, 1.82) is 0 Å². The number of benzene rings is 2. The van der Waals surface area contributed by atoms with Crippen LogP contribution in [0.3, 0.4) is 0 Å². The zero-order chi connectivity index (χ0) is 22.4. The summed E-state index contributed by atoms with van der Waals surface area (Å²) in [4.78, 5) is 16.7. The molecule has 31 heavy (non-hydrogen) atoms. The molecule has 0 radical (unpaired) electrons. The molecule has 1 amide bonds. The number of halogens is 1. The highest BCUT2D eigenvalue weighted by Crippen LogP contribution is 2.32. The number of anilines is 2. The highest BCUT2D eigenvalue weighted by atomic mass is 32.2. The average molecular weight is 448 g/mol. The first kappa shape index (κ1) is 23.2. The molecule has 0 atom stereocenters. The lowest BCUT2D eigenvalue weighted by Gasteiger charge is -2.24. The number of nitrogens with zero attached hydrogens (tertiary/aromatic N) is 2. The first-order valence-electron chi connectivity index (χ1n) is 10.7. The lowest BCUT2D eigenvalue weighted by atomic mass is 10.2. The summed E-state index contributed by atoms with van der Waals surface area (Å²) in [5, 5.41) is 2.79. The van der Waals surface area contributed by atoms with Crippen molar-refractivity contribution < 1.29 is 17.6 Å². The van der Waals surface area contributed by atoms with Gasteiger partial charge in [-0.25, -0.2) is 12.8 Å². The van der Waals surface area contributed by atoms with Gasteiger partial charge < -0.3 is 15.1 Å². The van der Waals surface area contributed by atoms with Gasteiger partial charge in [-0.05, 0) is 62.8 Å². The van der Waals surface area contributed by atoms with Crippen LogP contribution < -0.4 is 10.2 Å². The van der Waals surface area contributed by atoms with Crippen LogP contribution in [0.1, 0.15) is 32.6 Å². The molecule has 1 heterocycles. The zero-order valence-electron chi connectivity index (χ0n) is 18.1. The van der Waals surface area contributed by atoms with E-state index in [1.54, 1.807) is 12.1 Å². The number of unbranched alkanes of at least 4 members (excludes halogenated alkanes) is 1. The number of rotatable bonds is 7. The summed E-state index contributed by atoms with van der Waals surface area (Å²) in [7, 11) is -1.92. The van der Waals surface area contributed by atoms with Crippen LogP contribution in [0.25, 0.3) is 0 Å².